The number of nitrogens with one attached hydrogen (secondary N) is 2. The van der Waals surface area contributed by atoms with E-state index < -0.39 is 17.9 Å². The number of anilines is 3. The molecule has 26 heavy (non-hydrogen) atoms. The van der Waals surface area contributed by atoms with Crippen molar-refractivity contribution in [2.45, 2.75) is 31.7 Å². The van der Waals surface area contributed by atoms with Crippen LogP contribution in [0.2, 0.25) is 0 Å². The van der Waals surface area contributed by atoms with Crippen LogP contribution in [0.15, 0.2) is 24.7 Å². The van der Waals surface area contributed by atoms with E-state index in [1.807, 2.05) is 18.1 Å². The summed E-state index contributed by atoms with van der Waals surface area (Å²) in [4.78, 5) is 22.0. The summed E-state index contributed by atoms with van der Waals surface area (Å²) in [5.74, 6) is -0.0191. The third-order valence-electron chi connectivity index (χ3n) is 4.42. The molecule has 0 aliphatic carbocycles. The van der Waals surface area contributed by atoms with Crippen LogP contribution in [0.25, 0.3) is 0 Å². The molecule has 1 aliphatic heterocycles. The van der Waals surface area contributed by atoms with Crippen molar-refractivity contribution in [3.63, 3.8) is 0 Å². The highest BCUT2D eigenvalue weighted by Crippen LogP contribution is 2.26. The minimum atomic E-state index is -2.99. The Balaban J connectivity index is 1.62. The lowest BCUT2D eigenvalue weighted by Gasteiger charge is -2.40. The summed E-state index contributed by atoms with van der Waals surface area (Å²) in [5, 5.41) is 9.61. The Morgan fingerprint density at radius 3 is 2.69 bits per heavy atom. The molecule has 2 aromatic heterocycles. The Hall–Kier alpha value is -2.78. The molecule has 0 aromatic carbocycles. The van der Waals surface area contributed by atoms with Crippen LogP contribution in [0.4, 0.5) is 26.2 Å². The van der Waals surface area contributed by atoms with Gasteiger partial charge in [0, 0.05) is 38.1 Å². The molecule has 0 spiro atoms. The summed E-state index contributed by atoms with van der Waals surface area (Å²) in [7, 11) is 1.82. The van der Waals surface area contributed by atoms with E-state index in [0.717, 1.165) is 11.5 Å². The van der Waals surface area contributed by atoms with Crippen molar-refractivity contribution in [2.24, 2.45) is 7.05 Å². The van der Waals surface area contributed by atoms with Crippen molar-refractivity contribution in [3.05, 3.63) is 24.7 Å². The number of hydrogen-bond acceptors (Lipinski definition) is 6. The molecule has 8 nitrogen and oxygen atoms in total. The quantitative estimate of drug-likeness (QED) is 0.838. The Morgan fingerprint density at radius 1 is 1.35 bits per heavy atom. The number of hydrogen-bond donors (Lipinski definition) is 2. The second-order valence-corrected chi connectivity index (χ2v) is 6.60. The average Bonchev–Trinajstić information content (AvgIpc) is 3.00. The summed E-state index contributed by atoms with van der Waals surface area (Å²) in [6, 6.07) is 1.80. The standard InChI is InChI=1S/C16H21F2N7O/c1-16(23-14(26)13(17)18)4-7-25(8-5-16)12-3-6-19-15(22-12)21-11-9-20-24(2)10-11/h3,6,9-10,13H,4-5,7-8H2,1-2H3,(H,23,26)(H,19,21,22). The second kappa shape index (κ2) is 7.22. The molecule has 0 radical (unpaired) electrons. The van der Waals surface area contributed by atoms with Gasteiger partial charge in [-0.3, -0.25) is 9.48 Å². The van der Waals surface area contributed by atoms with E-state index in [-0.39, 0.29) is 0 Å². The molecule has 2 aromatic rings. The van der Waals surface area contributed by atoms with Crippen molar-refractivity contribution in [2.75, 3.05) is 23.3 Å². The summed E-state index contributed by atoms with van der Waals surface area (Å²) in [5.41, 5.74) is 0.152. The SMILES string of the molecule is Cn1cc(Nc2nccc(N3CCC(C)(NC(=O)C(F)F)CC3)n2)cn1. The predicted molar refractivity (Wildman–Crippen MR) is 92.5 cm³/mol. The van der Waals surface area contributed by atoms with Gasteiger partial charge in [-0.2, -0.15) is 18.9 Å². The number of carbonyl (C=O) groups excluding carboxylic acids is 1. The first kappa shape index (κ1) is 18.0. The molecule has 0 unspecified atom stereocenters. The monoisotopic (exact) mass is 365 g/mol. The molecule has 140 valence electrons. The van der Waals surface area contributed by atoms with Crippen molar-refractivity contribution < 1.29 is 13.6 Å². The van der Waals surface area contributed by atoms with Gasteiger partial charge in [0.2, 0.25) is 5.95 Å². The van der Waals surface area contributed by atoms with Gasteiger partial charge in [0.15, 0.2) is 0 Å². The molecule has 10 heteroatoms. The Bertz CT molecular complexity index is 771. The topological polar surface area (TPSA) is 88.0 Å². The zero-order valence-electron chi connectivity index (χ0n) is 14.6. The number of alkyl halides is 2. The molecule has 3 rings (SSSR count). The lowest BCUT2D eigenvalue weighted by molar-refractivity contribution is -0.133. The molecule has 0 saturated carbocycles. The lowest BCUT2D eigenvalue weighted by atomic mass is 9.89. The fraction of sp³-hybridized carbons (Fsp3) is 0.500. The van der Waals surface area contributed by atoms with Crippen molar-refractivity contribution in [1.29, 1.82) is 0 Å². The Labute approximate surface area is 149 Å². The highest BCUT2D eigenvalue weighted by atomic mass is 19.3. The van der Waals surface area contributed by atoms with Crippen LogP contribution in [-0.2, 0) is 11.8 Å². The van der Waals surface area contributed by atoms with E-state index in [1.54, 1.807) is 30.1 Å². The minimum Gasteiger partial charge on any atom is -0.356 e. The van der Waals surface area contributed by atoms with E-state index in [1.165, 1.54) is 0 Å². The van der Waals surface area contributed by atoms with E-state index >= 15 is 0 Å². The second-order valence-electron chi connectivity index (χ2n) is 6.60. The smallest absolute Gasteiger partial charge is 0.315 e. The molecule has 1 amide bonds. The molecule has 0 atom stereocenters. The van der Waals surface area contributed by atoms with E-state index in [9.17, 15) is 13.6 Å². The molecule has 2 N–H and O–H groups in total. The molecular formula is C16H21F2N7O. The summed E-state index contributed by atoms with van der Waals surface area (Å²) < 4.78 is 26.6. The Morgan fingerprint density at radius 2 is 2.08 bits per heavy atom. The highest BCUT2D eigenvalue weighted by Gasteiger charge is 2.34. The minimum absolute atomic E-state index is 0.454. The van der Waals surface area contributed by atoms with Gasteiger partial charge in [-0.05, 0) is 25.8 Å². The van der Waals surface area contributed by atoms with Crippen molar-refractivity contribution >= 4 is 23.4 Å². The average molecular weight is 365 g/mol. The van der Waals surface area contributed by atoms with Gasteiger partial charge in [-0.1, -0.05) is 0 Å². The third-order valence-corrected chi connectivity index (χ3v) is 4.42. The van der Waals surface area contributed by atoms with E-state index in [2.05, 4.69) is 25.7 Å². The zero-order chi connectivity index (χ0) is 18.7. The molecule has 1 fully saturated rings. The fourth-order valence-electron chi connectivity index (χ4n) is 2.91. The largest absolute Gasteiger partial charge is 0.356 e. The van der Waals surface area contributed by atoms with Crippen LogP contribution in [0.5, 0.6) is 0 Å². The van der Waals surface area contributed by atoms with E-state index in [4.69, 9.17) is 0 Å². The normalized spacial score (nSPS) is 16.6. The lowest BCUT2D eigenvalue weighted by Crippen LogP contribution is -2.54. The van der Waals surface area contributed by atoms with Gasteiger partial charge in [0.25, 0.3) is 5.91 Å². The number of nitrogens with zero attached hydrogens (tertiary/aromatic N) is 5. The first-order chi connectivity index (χ1) is 12.3. The first-order valence-corrected chi connectivity index (χ1v) is 8.28. The number of amides is 1. The van der Waals surface area contributed by atoms with Gasteiger partial charge in [0.05, 0.1) is 11.9 Å². The van der Waals surface area contributed by atoms with Gasteiger partial charge < -0.3 is 15.5 Å². The van der Waals surface area contributed by atoms with Crippen LogP contribution in [0.3, 0.4) is 0 Å². The number of aryl methyl sites for hydroxylation is 1. The highest BCUT2D eigenvalue weighted by molar-refractivity contribution is 5.79. The van der Waals surface area contributed by atoms with Crippen LogP contribution in [-0.4, -0.2) is 50.7 Å². The molecular weight excluding hydrogens is 344 g/mol. The summed E-state index contributed by atoms with van der Waals surface area (Å²) in [6.07, 6.45) is 3.27. The molecule has 3 heterocycles. The van der Waals surface area contributed by atoms with Crippen LogP contribution >= 0.6 is 0 Å². The summed E-state index contributed by atoms with van der Waals surface area (Å²) >= 11 is 0. The number of piperidine rings is 1. The molecule has 1 saturated heterocycles. The van der Waals surface area contributed by atoms with E-state index in [0.29, 0.717) is 31.9 Å². The molecule has 0 bridgehead atoms. The number of rotatable bonds is 5. The number of carbonyl (C=O) groups is 1. The Kier molecular flexibility index (Phi) is 5.01. The van der Waals surface area contributed by atoms with Crippen LogP contribution in [0.1, 0.15) is 19.8 Å². The zero-order valence-corrected chi connectivity index (χ0v) is 14.6. The fourth-order valence-corrected chi connectivity index (χ4v) is 2.91. The first-order valence-electron chi connectivity index (χ1n) is 8.28. The van der Waals surface area contributed by atoms with Gasteiger partial charge in [-0.25, -0.2) is 4.98 Å². The van der Waals surface area contributed by atoms with Crippen molar-refractivity contribution in [3.8, 4) is 0 Å². The maximum atomic E-state index is 12.5. The van der Waals surface area contributed by atoms with Crippen LogP contribution in [0, 0.1) is 0 Å². The number of aromatic nitrogens is 4. The summed E-state index contributed by atoms with van der Waals surface area (Å²) in [6.45, 7) is 2.99. The predicted octanol–water partition coefficient (Wildman–Crippen LogP) is 1.69. The molecule has 1 aliphatic rings. The van der Waals surface area contributed by atoms with Gasteiger partial charge >= 0.3 is 6.43 Å². The van der Waals surface area contributed by atoms with Gasteiger partial charge in [0.1, 0.15) is 5.82 Å². The van der Waals surface area contributed by atoms with Crippen molar-refractivity contribution in [1.82, 2.24) is 25.1 Å². The van der Waals surface area contributed by atoms with Crippen LogP contribution < -0.4 is 15.5 Å². The number of halogens is 2. The third kappa shape index (κ3) is 4.24. The van der Waals surface area contributed by atoms with Gasteiger partial charge in [-0.15, -0.1) is 0 Å². The maximum Gasteiger partial charge on any atom is 0.315 e. The maximum absolute atomic E-state index is 12.5.